The van der Waals surface area contributed by atoms with Gasteiger partial charge in [0.05, 0.1) is 27.4 Å². The summed E-state index contributed by atoms with van der Waals surface area (Å²) in [5, 5.41) is 11.9. The number of likely N-dealkylation sites (tertiary alicyclic amines) is 1. The number of hydrogen-bond acceptors (Lipinski definition) is 10. The maximum Gasteiger partial charge on any atom is 0.262 e. The highest BCUT2D eigenvalue weighted by molar-refractivity contribution is 6.32. The first-order valence-corrected chi connectivity index (χ1v) is 20.5. The summed E-state index contributed by atoms with van der Waals surface area (Å²) in [4.78, 5) is 75.7. The number of benzene rings is 3. The second-order valence-electron chi connectivity index (χ2n) is 16.6. The van der Waals surface area contributed by atoms with E-state index in [1.54, 1.807) is 6.07 Å². The Morgan fingerprint density at radius 1 is 0.828 bits per heavy atom. The minimum absolute atomic E-state index is 0.0192. The van der Waals surface area contributed by atoms with Gasteiger partial charge in [-0.15, -0.1) is 0 Å². The van der Waals surface area contributed by atoms with Crippen LogP contribution in [-0.2, 0) is 9.59 Å². The number of halogens is 2. The predicted octanol–water partition coefficient (Wildman–Crippen LogP) is 4.14. The lowest BCUT2D eigenvalue weighted by Gasteiger charge is -2.45. The average Bonchev–Trinajstić information content (AvgIpc) is 3.73. The molecule has 1 N–H and O–H groups in total. The van der Waals surface area contributed by atoms with Crippen LogP contribution >= 0.6 is 11.6 Å². The molecule has 3 aromatic carbocycles. The van der Waals surface area contributed by atoms with Crippen molar-refractivity contribution in [2.24, 2.45) is 11.3 Å². The number of piperazine rings is 1. The number of piperidine rings is 2. The molecule has 13 nitrogen and oxygen atoms in total. The van der Waals surface area contributed by atoms with Crippen molar-refractivity contribution in [2.75, 3.05) is 86.7 Å². The molecule has 300 valence electrons. The van der Waals surface area contributed by atoms with E-state index >= 15 is 4.39 Å². The lowest BCUT2D eigenvalue weighted by Crippen LogP contribution is -2.55. The fraction of sp³-hybridized carbons (Fsp3) is 0.442. The van der Waals surface area contributed by atoms with Gasteiger partial charge < -0.3 is 19.6 Å². The molecule has 3 aromatic rings. The summed E-state index contributed by atoms with van der Waals surface area (Å²) in [7, 11) is 0. The number of hydrogen-bond donors (Lipinski definition) is 1. The third-order valence-corrected chi connectivity index (χ3v) is 13.5. The molecule has 6 aliphatic heterocycles. The number of carbonyl (C=O) groups is 5. The van der Waals surface area contributed by atoms with Crippen molar-refractivity contribution in [3.63, 3.8) is 0 Å². The minimum atomic E-state index is -1.10. The van der Waals surface area contributed by atoms with E-state index in [1.807, 2.05) is 46.2 Å². The van der Waals surface area contributed by atoms with Gasteiger partial charge in [-0.05, 0) is 85.7 Å². The Morgan fingerprint density at radius 2 is 1.50 bits per heavy atom. The molecule has 0 saturated carbocycles. The fourth-order valence-corrected chi connectivity index (χ4v) is 9.91. The van der Waals surface area contributed by atoms with E-state index in [-0.39, 0.29) is 41.0 Å². The zero-order valence-corrected chi connectivity index (χ0v) is 32.8. The van der Waals surface area contributed by atoms with Crippen molar-refractivity contribution in [2.45, 2.75) is 38.1 Å². The minimum Gasteiger partial charge on any atom is -0.371 e. The number of amides is 5. The topological polar surface area (TPSA) is 141 Å². The molecule has 6 heterocycles. The van der Waals surface area contributed by atoms with Gasteiger partial charge in [0.15, 0.2) is 0 Å². The highest BCUT2D eigenvalue weighted by atomic mass is 35.5. The maximum absolute atomic E-state index is 15.3. The SMILES string of the molecule is N#Cc1ccc(N2CCC3(CCN(C(=O)c4ccc(N5CCN(CC6CN(c7cc8c(cc7F)C(=O)N(C7CCC(=O)NC7=O)C8=O)C6)CC5)cc4)CC3)C2)cc1Cl. The fourth-order valence-electron chi connectivity index (χ4n) is 9.69. The van der Waals surface area contributed by atoms with E-state index in [4.69, 9.17) is 11.6 Å². The van der Waals surface area contributed by atoms with Crippen molar-refractivity contribution in [1.29, 1.82) is 5.26 Å². The lowest BCUT2D eigenvalue weighted by atomic mass is 9.77. The van der Waals surface area contributed by atoms with Gasteiger partial charge in [-0.2, -0.15) is 5.26 Å². The van der Waals surface area contributed by atoms with Crippen LogP contribution in [0.25, 0.3) is 0 Å². The molecule has 5 fully saturated rings. The van der Waals surface area contributed by atoms with Gasteiger partial charge in [0, 0.05) is 101 Å². The van der Waals surface area contributed by atoms with Crippen LogP contribution in [0.4, 0.5) is 21.5 Å². The molecule has 0 aliphatic carbocycles. The van der Waals surface area contributed by atoms with Crippen LogP contribution in [0, 0.1) is 28.5 Å². The van der Waals surface area contributed by atoms with Crippen LogP contribution in [0.3, 0.4) is 0 Å². The van der Waals surface area contributed by atoms with Crippen LogP contribution in [0.15, 0.2) is 54.6 Å². The number of nitriles is 1. The van der Waals surface area contributed by atoms with Crippen LogP contribution in [0.5, 0.6) is 0 Å². The number of carbonyl (C=O) groups excluding carboxylic acids is 5. The third kappa shape index (κ3) is 6.94. The number of nitrogens with one attached hydrogen (secondary N) is 1. The first-order chi connectivity index (χ1) is 28.0. The standard InChI is InChI=1S/C43H44ClFN8O5/c44-34-19-31(6-3-29(34)22-46)51-14-11-43(26-51)9-12-50(13-10-43)40(56)28-1-4-30(5-2-28)49-17-15-48(16-18-49)23-27-24-52(25-27)37-21-33-32(20-35(37)45)41(57)53(42(33)58)36-7-8-38(54)47-39(36)55/h1-6,19-21,27,36H,7-18,23-26H2,(H,47,54,55). The summed E-state index contributed by atoms with van der Waals surface area (Å²) >= 11 is 6.31. The van der Waals surface area contributed by atoms with Crippen molar-refractivity contribution in [1.82, 2.24) is 20.0 Å². The van der Waals surface area contributed by atoms with E-state index in [2.05, 4.69) is 26.1 Å². The summed E-state index contributed by atoms with van der Waals surface area (Å²) in [6, 6.07) is 17.2. The normalized spacial score (nSPS) is 22.4. The Kier molecular flexibility index (Phi) is 9.84. The van der Waals surface area contributed by atoms with Gasteiger partial charge in [-0.1, -0.05) is 11.6 Å². The molecule has 9 rings (SSSR count). The molecule has 1 atom stereocenters. The molecule has 5 saturated heterocycles. The second kappa shape index (κ2) is 15.0. The smallest absolute Gasteiger partial charge is 0.262 e. The quantitative estimate of drug-likeness (QED) is 0.347. The predicted molar refractivity (Wildman–Crippen MR) is 214 cm³/mol. The van der Waals surface area contributed by atoms with Gasteiger partial charge in [-0.3, -0.25) is 39.1 Å². The summed E-state index contributed by atoms with van der Waals surface area (Å²) < 4.78 is 15.3. The van der Waals surface area contributed by atoms with Crippen LogP contribution < -0.4 is 20.0 Å². The molecule has 0 aromatic heterocycles. The van der Waals surface area contributed by atoms with Crippen LogP contribution in [0.2, 0.25) is 5.02 Å². The van der Waals surface area contributed by atoms with E-state index in [0.717, 1.165) is 101 Å². The van der Waals surface area contributed by atoms with E-state index in [0.29, 0.717) is 35.2 Å². The molecule has 1 unspecified atom stereocenters. The molecular formula is C43H44ClFN8O5. The summed E-state index contributed by atoms with van der Waals surface area (Å²) in [6.45, 7) is 8.89. The number of imide groups is 2. The van der Waals surface area contributed by atoms with Crippen LogP contribution in [-0.4, -0.2) is 122 Å². The summed E-state index contributed by atoms with van der Waals surface area (Å²) in [5.41, 5.74) is 3.78. The molecule has 58 heavy (non-hydrogen) atoms. The first-order valence-electron chi connectivity index (χ1n) is 20.1. The van der Waals surface area contributed by atoms with Gasteiger partial charge in [0.25, 0.3) is 17.7 Å². The molecule has 6 aliphatic rings. The Balaban J connectivity index is 0.726. The highest BCUT2D eigenvalue weighted by Gasteiger charge is 2.46. The van der Waals surface area contributed by atoms with Gasteiger partial charge in [-0.25, -0.2) is 4.39 Å². The average molecular weight is 807 g/mol. The maximum atomic E-state index is 15.3. The van der Waals surface area contributed by atoms with E-state index in [1.165, 1.54) is 6.07 Å². The van der Waals surface area contributed by atoms with Gasteiger partial charge in [0.1, 0.15) is 17.9 Å². The summed E-state index contributed by atoms with van der Waals surface area (Å²) in [5.74, 6) is -2.71. The lowest BCUT2D eigenvalue weighted by molar-refractivity contribution is -0.136. The zero-order chi connectivity index (χ0) is 40.3. The molecule has 0 radical (unpaired) electrons. The van der Waals surface area contributed by atoms with E-state index < -0.39 is 35.5 Å². The van der Waals surface area contributed by atoms with Crippen molar-refractivity contribution < 1.29 is 28.4 Å². The largest absolute Gasteiger partial charge is 0.371 e. The Hall–Kier alpha value is -5.52. The summed E-state index contributed by atoms with van der Waals surface area (Å²) in [6.07, 6.45) is 3.06. The molecule has 0 bridgehead atoms. The van der Waals surface area contributed by atoms with Crippen LogP contribution in [0.1, 0.15) is 68.7 Å². The second-order valence-corrected chi connectivity index (χ2v) is 17.0. The first kappa shape index (κ1) is 38.0. The Bertz CT molecular complexity index is 2240. The molecule has 1 spiro atoms. The Morgan fingerprint density at radius 3 is 2.17 bits per heavy atom. The monoisotopic (exact) mass is 806 g/mol. The third-order valence-electron chi connectivity index (χ3n) is 13.2. The van der Waals surface area contributed by atoms with Gasteiger partial charge in [0.2, 0.25) is 11.8 Å². The van der Waals surface area contributed by atoms with Crippen molar-refractivity contribution >= 4 is 58.2 Å². The number of anilines is 3. The van der Waals surface area contributed by atoms with Gasteiger partial charge >= 0.3 is 0 Å². The number of rotatable bonds is 7. The number of nitrogens with zero attached hydrogens (tertiary/aromatic N) is 7. The number of fused-ring (bicyclic) bond motifs is 1. The van der Waals surface area contributed by atoms with E-state index in [9.17, 15) is 29.2 Å². The zero-order valence-electron chi connectivity index (χ0n) is 32.1. The molecule has 5 amide bonds. The van der Waals surface area contributed by atoms with Crippen molar-refractivity contribution in [3.05, 3.63) is 87.7 Å². The van der Waals surface area contributed by atoms with Crippen molar-refractivity contribution in [3.8, 4) is 6.07 Å². The Labute approximate surface area is 340 Å². The molecule has 15 heteroatoms. The highest BCUT2D eigenvalue weighted by Crippen LogP contribution is 2.43. The molecular weight excluding hydrogens is 763 g/mol.